The molecule has 4 N–H and O–H groups in total. The highest BCUT2D eigenvalue weighted by Gasteiger charge is 2.20. The Hall–Kier alpha value is -1.43. The first-order chi connectivity index (χ1) is 32.5. The molecule has 0 bridgehead atoms. The maximum Gasteiger partial charge on any atom is 0.222 e. The highest BCUT2D eigenvalue weighted by atomic mass is 16.3. The van der Waals surface area contributed by atoms with Crippen molar-refractivity contribution in [1.82, 2.24) is 5.32 Å². The Balaban J connectivity index is 3.52. The summed E-state index contributed by atoms with van der Waals surface area (Å²) >= 11 is 0. The number of aliphatic hydroxyl groups excluding tert-OH is 3. The van der Waals surface area contributed by atoms with E-state index in [4.69, 9.17) is 0 Å². The lowest BCUT2D eigenvalue weighted by Crippen LogP contribution is -2.45. The van der Waals surface area contributed by atoms with Gasteiger partial charge in [-0.2, -0.15) is 0 Å². The van der Waals surface area contributed by atoms with Crippen LogP contribution in [0.25, 0.3) is 0 Å². The van der Waals surface area contributed by atoms with Crippen molar-refractivity contribution >= 4 is 5.91 Å². The molecule has 0 spiro atoms. The van der Waals surface area contributed by atoms with Crippen LogP contribution < -0.4 is 5.32 Å². The van der Waals surface area contributed by atoms with E-state index in [2.05, 4.69) is 43.5 Å². The summed E-state index contributed by atoms with van der Waals surface area (Å²) in [6.45, 7) is 4.25. The number of hydrogen-bond donors (Lipinski definition) is 4. The number of hydrogen-bond acceptors (Lipinski definition) is 4. The summed E-state index contributed by atoms with van der Waals surface area (Å²) in [6, 6.07) is -0.744. The van der Waals surface area contributed by atoms with Crippen LogP contribution >= 0.6 is 0 Å². The van der Waals surface area contributed by atoms with Gasteiger partial charge >= 0.3 is 0 Å². The molecule has 0 saturated carbocycles. The van der Waals surface area contributed by atoms with Gasteiger partial charge < -0.3 is 20.6 Å². The van der Waals surface area contributed by atoms with E-state index in [0.717, 1.165) is 32.1 Å². The van der Waals surface area contributed by atoms with Crippen LogP contribution in [0.2, 0.25) is 0 Å². The summed E-state index contributed by atoms with van der Waals surface area (Å²) in [5.41, 5.74) is 0. The molecule has 0 aromatic carbocycles. The number of amides is 1. The Labute approximate surface area is 413 Å². The predicted molar refractivity (Wildman–Crippen MR) is 291 cm³/mol. The summed E-state index contributed by atoms with van der Waals surface area (Å²) < 4.78 is 0. The van der Waals surface area contributed by atoms with Gasteiger partial charge in [0.25, 0.3) is 0 Å². The molecule has 5 nitrogen and oxygen atoms in total. The first-order valence-electron chi connectivity index (χ1n) is 29.8. The number of carbonyl (C=O) groups is 1. The summed E-state index contributed by atoms with van der Waals surface area (Å²) in [4.78, 5) is 12.5. The Bertz CT molecular complexity index is 1020. The highest BCUT2D eigenvalue weighted by molar-refractivity contribution is 5.76. The zero-order valence-corrected chi connectivity index (χ0v) is 44.6. The van der Waals surface area contributed by atoms with Crippen molar-refractivity contribution < 1.29 is 20.1 Å². The number of rotatable bonds is 55. The molecule has 3 unspecified atom stereocenters. The first kappa shape index (κ1) is 64.6. The van der Waals surface area contributed by atoms with Crippen molar-refractivity contribution in [3.8, 4) is 0 Å². The molecular formula is C61H117NO4. The van der Waals surface area contributed by atoms with E-state index in [1.807, 2.05) is 6.08 Å². The molecule has 66 heavy (non-hydrogen) atoms. The molecule has 0 aliphatic carbocycles. The van der Waals surface area contributed by atoms with E-state index in [-0.39, 0.29) is 18.9 Å². The van der Waals surface area contributed by atoms with Crippen LogP contribution in [-0.4, -0.2) is 46.1 Å². The molecule has 0 radical (unpaired) electrons. The van der Waals surface area contributed by atoms with Crippen LogP contribution in [0.3, 0.4) is 0 Å². The quantitative estimate of drug-likeness (QED) is 0.0361. The zero-order chi connectivity index (χ0) is 47.9. The Morgan fingerprint density at radius 2 is 0.682 bits per heavy atom. The summed E-state index contributed by atoms with van der Waals surface area (Å²) in [6.07, 6.45) is 73.5. The van der Waals surface area contributed by atoms with E-state index in [1.54, 1.807) is 6.08 Å². The monoisotopic (exact) mass is 928 g/mol. The second kappa shape index (κ2) is 56.2. The Kier molecular flexibility index (Phi) is 54.9. The Morgan fingerprint density at radius 1 is 0.394 bits per heavy atom. The second-order valence-electron chi connectivity index (χ2n) is 20.6. The van der Waals surface area contributed by atoms with Crippen molar-refractivity contribution in [3.05, 3.63) is 36.5 Å². The lowest BCUT2D eigenvalue weighted by atomic mass is 10.0. The van der Waals surface area contributed by atoms with Gasteiger partial charge in [0.1, 0.15) is 0 Å². The van der Waals surface area contributed by atoms with Gasteiger partial charge in [-0.1, -0.05) is 301 Å². The molecule has 0 aliphatic rings. The van der Waals surface area contributed by atoms with E-state index in [0.29, 0.717) is 6.42 Å². The molecule has 0 aromatic rings. The van der Waals surface area contributed by atoms with Crippen molar-refractivity contribution in [3.63, 3.8) is 0 Å². The average Bonchev–Trinajstić information content (AvgIpc) is 3.31. The van der Waals surface area contributed by atoms with Gasteiger partial charge in [0.2, 0.25) is 5.91 Å². The second-order valence-corrected chi connectivity index (χ2v) is 20.6. The van der Waals surface area contributed by atoms with Crippen LogP contribution in [0.4, 0.5) is 0 Å². The third-order valence-corrected chi connectivity index (χ3v) is 13.9. The predicted octanol–water partition coefficient (Wildman–Crippen LogP) is 18.6. The minimum atomic E-state index is -0.929. The summed E-state index contributed by atoms with van der Waals surface area (Å²) in [5, 5.41) is 33.5. The van der Waals surface area contributed by atoms with Crippen molar-refractivity contribution in [2.75, 3.05) is 6.61 Å². The third kappa shape index (κ3) is 52.0. The standard InChI is InChI=1S/C61H117NO4/c1-3-5-7-9-11-13-15-17-19-21-23-24-25-26-27-28-29-30-31-32-33-34-35-36-37-38-40-42-44-46-48-50-52-54-58(64)56-61(66)62-59(57-63)60(65)55-53-51-49-47-45-43-41-39-22-20-18-16-14-12-10-8-6-4-2/h25-26,28-29,53,55,58-60,63-65H,3-24,27,30-52,54,56-57H2,1-2H3,(H,62,66)/b26-25-,29-28-,55-53+. The number of aliphatic hydroxyl groups is 3. The minimum Gasteiger partial charge on any atom is -0.394 e. The van der Waals surface area contributed by atoms with Crippen LogP contribution in [-0.2, 0) is 4.79 Å². The lowest BCUT2D eigenvalue weighted by Gasteiger charge is -2.21. The molecule has 0 saturated heterocycles. The van der Waals surface area contributed by atoms with Crippen LogP contribution in [0.15, 0.2) is 36.5 Å². The number of nitrogens with one attached hydrogen (secondary N) is 1. The van der Waals surface area contributed by atoms with E-state index < -0.39 is 18.2 Å². The zero-order valence-electron chi connectivity index (χ0n) is 44.6. The highest BCUT2D eigenvalue weighted by Crippen LogP contribution is 2.17. The molecule has 1 amide bonds. The topological polar surface area (TPSA) is 89.8 Å². The van der Waals surface area contributed by atoms with Gasteiger partial charge in [0, 0.05) is 0 Å². The van der Waals surface area contributed by atoms with Crippen LogP contribution in [0, 0.1) is 0 Å². The summed E-state index contributed by atoms with van der Waals surface area (Å²) in [7, 11) is 0. The van der Waals surface area contributed by atoms with Gasteiger partial charge in [-0.05, 0) is 51.4 Å². The molecule has 5 heteroatoms. The van der Waals surface area contributed by atoms with E-state index in [9.17, 15) is 20.1 Å². The summed E-state index contributed by atoms with van der Waals surface area (Å²) in [5.74, 6) is -0.311. The fraction of sp³-hybridized carbons (Fsp3) is 0.885. The van der Waals surface area contributed by atoms with Crippen molar-refractivity contribution in [2.24, 2.45) is 0 Å². The molecule has 0 rings (SSSR count). The lowest BCUT2D eigenvalue weighted by molar-refractivity contribution is -0.124. The van der Waals surface area contributed by atoms with Crippen molar-refractivity contribution in [1.29, 1.82) is 0 Å². The van der Waals surface area contributed by atoms with Gasteiger partial charge in [-0.25, -0.2) is 0 Å². The average molecular weight is 929 g/mol. The number of carbonyl (C=O) groups excluding carboxylic acids is 1. The fourth-order valence-corrected chi connectivity index (χ4v) is 9.37. The maximum atomic E-state index is 12.5. The van der Waals surface area contributed by atoms with Crippen LogP contribution in [0.5, 0.6) is 0 Å². The van der Waals surface area contributed by atoms with Crippen molar-refractivity contribution in [2.45, 2.75) is 340 Å². The van der Waals surface area contributed by atoms with Gasteiger partial charge in [-0.15, -0.1) is 0 Å². The minimum absolute atomic E-state index is 0.0154. The largest absolute Gasteiger partial charge is 0.394 e. The first-order valence-corrected chi connectivity index (χ1v) is 29.8. The molecule has 0 fully saturated rings. The van der Waals surface area contributed by atoms with Gasteiger partial charge in [0.15, 0.2) is 0 Å². The molecule has 0 aromatic heterocycles. The number of allylic oxidation sites excluding steroid dienone is 5. The molecular weight excluding hydrogens is 811 g/mol. The van der Waals surface area contributed by atoms with Gasteiger partial charge in [0.05, 0.1) is 31.3 Å². The molecule has 3 atom stereocenters. The molecule has 0 heterocycles. The fourth-order valence-electron chi connectivity index (χ4n) is 9.37. The van der Waals surface area contributed by atoms with E-state index >= 15 is 0 Å². The smallest absolute Gasteiger partial charge is 0.222 e. The molecule has 0 aliphatic heterocycles. The third-order valence-electron chi connectivity index (χ3n) is 13.9. The van der Waals surface area contributed by atoms with Crippen LogP contribution in [0.1, 0.15) is 322 Å². The van der Waals surface area contributed by atoms with E-state index in [1.165, 1.54) is 263 Å². The molecule has 390 valence electrons. The Morgan fingerprint density at radius 3 is 1.00 bits per heavy atom. The normalized spacial score (nSPS) is 13.5. The maximum absolute atomic E-state index is 12.5. The van der Waals surface area contributed by atoms with Gasteiger partial charge in [-0.3, -0.25) is 4.79 Å². The SMILES string of the molecule is CCCCCCCCCCCCC/C=C\C/C=C\CCCCCCCCCCCCCCCCCC(O)CC(=O)NC(CO)C(O)/C=C/CCCCCCCCCCCCCCCCCC. The number of unbranched alkanes of at least 4 members (excludes halogenated alkanes) is 42.